The minimum absolute atomic E-state index is 0.452. The molecule has 132 valence electrons. The zero-order chi connectivity index (χ0) is 16.8. The van der Waals surface area contributed by atoms with Crippen LogP contribution in [0.3, 0.4) is 0 Å². The van der Waals surface area contributed by atoms with E-state index in [9.17, 15) is 0 Å². The minimum Gasteiger partial charge on any atom is -0.490 e. The van der Waals surface area contributed by atoms with Crippen LogP contribution < -0.4 is 20.5 Å². The van der Waals surface area contributed by atoms with E-state index < -0.39 is 0 Å². The fraction of sp³-hybridized carbons (Fsp3) is 0.611. The Hall–Kier alpha value is -1.95. The number of nitrogens with two attached hydrogens (primary N) is 1. The van der Waals surface area contributed by atoms with Crippen LogP contribution in [0.1, 0.15) is 25.7 Å². The normalized spacial score (nSPS) is 22.0. The van der Waals surface area contributed by atoms with Gasteiger partial charge in [0.1, 0.15) is 0 Å². The summed E-state index contributed by atoms with van der Waals surface area (Å²) in [5.41, 5.74) is 6.89. The van der Waals surface area contributed by atoms with Crippen LogP contribution in [-0.2, 0) is 0 Å². The summed E-state index contributed by atoms with van der Waals surface area (Å²) >= 11 is 0. The molecule has 6 nitrogen and oxygen atoms in total. The van der Waals surface area contributed by atoms with Crippen molar-refractivity contribution in [2.24, 2.45) is 16.6 Å². The van der Waals surface area contributed by atoms with Crippen molar-refractivity contribution >= 4 is 11.6 Å². The number of rotatable bonds is 4. The zero-order valence-electron chi connectivity index (χ0n) is 14.5. The standard InChI is InChI=1S/C18H28N4O2/c1-22-9-2-4-14(13-22)7-8-20-18(19)21-15-5-6-16-17(12-15)24-11-3-10-23-16/h5-6,12,14H,2-4,7-11,13H2,1H3,(H3,19,20,21). The lowest BCUT2D eigenvalue weighted by Gasteiger charge is -2.29. The number of benzene rings is 1. The predicted molar refractivity (Wildman–Crippen MR) is 97.0 cm³/mol. The first kappa shape index (κ1) is 16.9. The molecule has 24 heavy (non-hydrogen) atoms. The van der Waals surface area contributed by atoms with Crippen molar-refractivity contribution in [3.63, 3.8) is 0 Å². The van der Waals surface area contributed by atoms with Crippen molar-refractivity contribution in [1.82, 2.24) is 4.90 Å². The quantitative estimate of drug-likeness (QED) is 0.654. The third-order valence-electron chi connectivity index (χ3n) is 4.56. The molecule has 1 aromatic carbocycles. The molecular weight excluding hydrogens is 304 g/mol. The summed E-state index contributed by atoms with van der Waals surface area (Å²) < 4.78 is 11.3. The van der Waals surface area contributed by atoms with Gasteiger partial charge in [0.2, 0.25) is 0 Å². The molecule has 3 rings (SSSR count). The maximum Gasteiger partial charge on any atom is 0.193 e. The minimum atomic E-state index is 0.452. The van der Waals surface area contributed by atoms with Crippen LogP contribution in [0.2, 0.25) is 0 Å². The van der Waals surface area contributed by atoms with Crippen molar-refractivity contribution < 1.29 is 9.47 Å². The van der Waals surface area contributed by atoms with E-state index >= 15 is 0 Å². The molecule has 0 bridgehead atoms. The van der Waals surface area contributed by atoms with Crippen molar-refractivity contribution in [1.29, 1.82) is 0 Å². The lowest BCUT2D eigenvalue weighted by atomic mass is 9.95. The Labute approximate surface area is 144 Å². The lowest BCUT2D eigenvalue weighted by molar-refractivity contribution is 0.204. The van der Waals surface area contributed by atoms with E-state index in [4.69, 9.17) is 15.2 Å². The van der Waals surface area contributed by atoms with Crippen LogP contribution >= 0.6 is 0 Å². The van der Waals surface area contributed by atoms with E-state index in [0.29, 0.717) is 19.2 Å². The van der Waals surface area contributed by atoms with Crippen LogP contribution in [0.25, 0.3) is 0 Å². The van der Waals surface area contributed by atoms with Crippen molar-refractivity contribution in [3.8, 4) is 11.5 Å². The molecule has 1 unspecified atom stereocenters. The molecule has 3 N–H and O–H groups in total. The first-order valence-corrected chi connectivity index (χ1v) is 8.86. The number of likely N-dealkylation sites (tertiary alicyclic amines) is 1. The highest BCUT2D eigenvalue weighted by atomic mass is 16.5. The van der Waals surface area contributed by atoms with E-state index in [1.807, 2.05) is 18.2 Å². The maximum atomic E-state index is 6.01. The molecule has 0 saturated carbocycles. The van der Waals surface area contributed by atoms with E-state index in [0.717, 1.165) is 42.5 Å². The average Bonchev–Trinajstić information content (AvgIpc) is 2.80. The second-order valence-corrected chi connectivity index (χ2v) is 6.66. The van der Waals surface area contributed by atoms with Gasteiger partial charge in [0.15, 0.2) is 17.5 Å². The molecule has 1 atom stereocenters. The Kier molecular flexibility index (Phi) is 5.80. The van der Waals surface area contributed by atoms with Gasteiger partial charge in [-0.1, -0.05) is 0 Å². The smallest absolute Gasteiger partial charge is 0.193 e. The molecule has 2 aliphatic heterocycles. The average molecular weight is 332 g/mol. The van der Waals surface area contributed by atoms with Crippen LogP contribution in [-0.4, -0.2) is 50.8 Å². The second kappa shape index (κ2) is 8.24. The van der Waals surface area contributed by atoms with Crippen LogP contribution in [0.15, 0.2) is 23.2 Å². The topological polar surface area (TPSA) is 72.1 Å². The third kappa shape index (κ3) is 4.77. The Morgan fingerprint density at radius 3 is 2.96 bits per heavy atom. The van der Waals surface area contributed by atoms with Crippen LogP contribution in [0, 0.1) is 5.92 Å². The Balaban J connectivity index is 1.50. The van der Waals surface area contributed by atoms with Gasteiger partial charge < -0.3 is 25.4 Å². The summed E-state index contributed by atoms with van der Waals surface area (Å²) in [6.07, 6.45) is 4.58. The molecule has 1 aromatic rings. The molecule has 0 aromatic heterocycles. The highest BCUT2D eigenvalue weighted by Gasteiger charge is 2.16. The van der Waals surface area contributed by atoms with Crippen molar-refractivity contribution in [2.75, 3.05) is 45.2 Å². The summed E-state index contributed by atoms with van der Waals surface area (Å²) in [6, 6.07) is 5.76. The second-order valence-electron chi connectivity index (χ2n) is 6.66. The van der Waals surface area contributed by atoms with Gasteiger partial charge >= 0.3 is 0 Å². The fourth-order valence-electron chi connectivity index (χ4n) is 3.30. The van der Waals surface area contributed by atoms with Gasteiger partial charge in [-0.25, -0.2) is 0 Å². The molecule has 2 heterocycles. The number of guanidine groups is 1. The van der Waals surface area contributed by atoms with E-state index in [1.165, 1.54) is 25.9 Å². The maximum absolute atomic E-state index is 6.01. The summed E-state index contributed by atoms with van der Waals surface area (Å²) in [7, 11) is 2.19. The number of hydrogen-bond acceptors (Lipinski definition) is 4. The Bertz CT molecular complexity index is 576. The summed E-state index contributed by atoms with van der Waals surface area (Å²) in [4.78, 5) is 6.86. The first-order valence-electron chi connectivity index (χ1n) is 8.86. The number of piperidine rings is 1. The van der Waals surface area contributed by atoms with Crippen LogP contribution in [0.5, 0.6) is 11.5 Å². The highest BCUT2D eigenvalue weighted by molar-refractivity contribution is 5.92. The lowest BCUT2D eigenvalue weighted by Crippen LogP contribution is -2.32. The third-order valence-corrected chi connectivity index (χ3v) is 4.56. The summed E-state index contributed by atoms with van der Waals surface area (Å²) in [6.45, 7) is 4.52. The van der Waals surface area contributed by atoms with Gasteiger partial charge in [0.05, 0.1) is 13.2 Å². The van der Waals surface area contributed by atoms with Crippen LogP contribution in [0.4, 0.5) is 5.69 Å². The number of fused-ring (bicyclic) bond motifs is 1. The molecule has 0 aliphatic carbocycles. The van der Waals surface area contributed by atoms with Crippen molar-refractivity contribution in [3.05, 3.63) is 18.2 Å². The molecular formula is C18H28N4O2. The molecule has 6 heteroatoms. The number of nitrogens with zero attached hydrogens (tertiary/aromatic N) is 2. The van der Waals surface area contributed by atoms with Gasteiger partial charge in [-0.3, -0.25) is 4.99 Å². The number of ether oxygens (including phenoxy) is 2. The van der Waals surface area contributed by atoms with Gasteiger partial charge in [-0.2, -0.15) is 0 Å². The molecule has 1 fully saturated rings. The molecule has 1 saturated heterocycles. The van der Waals surface area contributed by atoms with Gasteiger partial charge in [0, 0.05) is 31.3 Å². The molecule has 0 spiro atoms. The van der Waals surface area contributed by atoms with Gasteiger partial charge in [-0.05, 0) is 50.9 Å². The first-order chi connectivity index (χ1) is 11.7. The number of anilines is 1. The van der Waals surface area contributed by atoms with Gasteiger partial charge in [0.25, 0.3) is 0 Å². The number of nitrogens with one attached hydrogen (secondary N) is 1. The zero-order valence-corrected chi connectivity index (χ0v) is 14.5. The largest absolute Gasteiger partial charge is 0.490 e. The van der Waals surface area contributed by atoms with E-state index in [1.54, 1.807) is 0 Å². The predicted octanol–water partition coefficient (Wildman–Crippen LogP) is 2.31. The SMILES string of the molecule is CN1CCCC(CCN=C(N)Nc2ccc3c(c2)OCCCO3)C1. The summed E-state index contributed by atoms with van der Waals surface area (Å²) in [5, 5.41) is 3.14. The van der Waals surface area contributed by atoms with E-state index in [-0.39, 0.29) is 0 Å². The monoisotopic (exact) mass is 332 g/mol. The number of aliphatic imine (C=N–C) groups is 1. The molecule has 2 aliphatic rings. The number of hydrogen-bond donors (Lipinski definition) is 2. The van der Waals surface area contributed by atoms with Gasteiger partial charge in [-0.15, -0.1) is 0 Å². The Morgan fingerprint density at radius 2 is 2.12 bits per heavy atom. The highest BCUT2D eigenvalue weighted by Crippen LogP contribution is 2.32. The van der Waals surface area contributed by atoms with Crippen molar-refractivity contribution in [2.45, 2.75) is 25.7 Å². The molecule has 0 amide bonds. The summed E-state index contributed by atoms with van der Waals surface area (Å²) in [5.74, 6) is 2.73. The molecule has 0 radical (unpaired) electrons. The fourth-order valence-corrected chi connectivity index (χ4v) is 3.30. The Morgan fingerprint density at radius 1 is 1.29 bits per heavy atom. The van der Waals surface area contributed by atoms with E-state index in [2.05, 4.69) is 22.3 Å².